The first-order valence-corrected chi connectivity index (χ1v) is 2.72. The standard InChI is InChI=1S/C7H13N/c1-5-6-8-7(2,3)4/h5-6H,1H2,2-4H3/b8-6-. The summed E-state index contributed by atoms with van der Waals surface area (Å²) in [4.78, 5) is 4.13. The molecule has 0 unspecified atom stereocenters. The summed E-state index contributed by atoms with van der Waals surface area (Å²) >= 11 is 0. The summed E-state index contributed by atoms with van der Waals surface area (Å²) in [6.45, 7) is 9.66. The summed E-state index contributed by atoms with van der Waals surface area (Å²) in [7, 11) is 0. The van der Waals surface area contributed by atoms with E-state index in [1.54, 1.807) is 12.3 Å². The molecule has 1 heteroatoms. The van der Waals surface area contributed by atoms with E-state index in [0.29, 0.717) is 0 Å². The normalized spacial score (nSPS) is 12.4. The average molecular weight is 111 g/mol. The maximum Gasteiger partial charge on any atom is 0.0524 e. The molecular formula is C7H13N. The van der Waals surface area contributed by atoms with Crippen molar-refractivity contribution in [2.75, 3.05) is 0 Å². The first-order chi connectivity index (χ1) is 3.56. The SMILES string of the molecule is C=C/C=N\C(C)(C)C. The van der Waals surface area contributed by atoms with Crippen LogP contribution in [0.2, 0.25) is 0 Å². The molecule has 46 valence electrons. The molecule has 0 aromatic heterocycles. The molecule has 0 aromatic rings. The van der Waals surface area contributed by atoms with Gasteiger partial charge in [-0.2, -0.15) is 0 Å². The number of aliphatic imine (C=N–C) groups is 1. The van der Waals surface area contributed by atoms with Gasteiger partial charge in [0, 0.05) is 6.21 Å². The summed E-state index contributed by atoms with van der Waals surface area (Å²) in [6, 6.07) is 0. The lowest BCUT2D eigenvalue weighted by Gasteiger charge is -2.09. The zero-order valence-corrected chi connectivity index (χ0v) is 5.81. The fraction of sp³-hybridized carbons (Fsp3) is 0.571. The van der Waals surface area contributed by atoms with Crippen LogP contribution < -0.4 is 0 Å². The number of hydrogen-bond acceptors (Lipinski definition) is 1. The van der Waals surface area contributed by atoms with Crippen molar-refractivity contribution in [2.45, 2.75) is 26.3 Å². The van der Waals surface area contributed by atoms with E-state index in [4.69, 9.17) is 0 Å². The Labute approximate surface area is 51.1 Å². The predicted octanol–water partition coefficient (Wildman–Crippen LogP) is 2.04. The third kappa shape index (κ3) is 5.41. The summed E-state index contributed by atoms with van der Waals surface area (Å²) < 4.78 is 0. The molecule has 0 saturated heterocycles. The van der Waals surface area contributed by atoms with E-state index in [1.807, 2.05) is 20.8 Å². The third-order valence-electron chi connectivity index (χ3n) is 0.567. The molecule has 0 saturated carbocycles. The van der Waals surface area contributed by atoms with Crippen molar-refractivity contribution in [2.24, 2.45) is 4.99 Å². The van der Waals surface area contributed by atoms with Crippen LogP contribution in [0.1, 0.15) is 20.8 Å². The Balaban J connectivity index is 3.69. The maximum absolute atomic E-state index is 4.13. The predicted molar refractivity (Wildman–Crippen MR) is 38.4 cm³/mol. The largest absolute Gasteiger partial charge is 0.287 e. The molecule has 0 N–H and O–H groups in total. The zero-order valence-electron chi connectivity index (χ0n) is 5.81. The van der Waals surface area contributed by atoms with Crippen LogP contribution in [-0.4, -0.2) is 11.8 Å². The molecule has 0 radical (unpaired) electrons. The van der Waals surface area contributed by atoms with Gasteiger partial charge >= 0.3 is 0 Å². The van der Waals surface area contributed by atoms with E-state index in [2.05, 4.69) is 11.6 Å². The van der Waals surface area contributed by atoms with E-state index < -0.39 is 0 Å². The van der Waals surface area contributed by atoms with Gasteiger partial charge in [0.15, 0.2) is 0 Å². The second-order valence-electron chi connectivity index (χ2n) is 2.68. The van der Waals surface area contributed by atoms with Crippen LogP contribution in [0.3, 0.4) is 0 Å². The van der Waals surface area contributed by atoms with E-state index in [1.165, 1.54) is 0 Å². The van der Waals surface area contributed by atoms with Crippen molar-refractivity contribution >= 4 is 6.21 Å². The van der Waals surface area contributed by atoms with Crippen LogP contribution in [0.25, 0.3) is 0 Å². The molecular weight excluding hydrogens is 98.1 g/mol. The summed E-state index contributed by atoms with van der Waals surface area (Å²) in [5.74, 6) is 0. The van der Waals surface area contributed by atoms with Crippen molar-refractivity contribution < 1.29 is 0 Å². The lowest BCUT2D eigenvalue weighted by Crippen LogP contribution is -2.08. The lowest BCUT2D eigenvalue weighted by molar-refractivity contribution is 0.587. The Kier molecular flexibility index (Phi) is 2.46. The van der Waals surface area contributed by atoms with Crippen LogP contribution in [-0.2, 0) is 0 Å². The molecule has 0 bridgehead atoms. The fourth-order valence-electron chi connectivity index (χ4n) is 0.276. The molecule has 0 aliphatic heterocycles. The van der Waals surface area contributed by atoms with Crippen molar-refractivity contribution in [3.05, 3.63) is 12.7 Å². The Morgan fingerprint density at radius 1 is 1.38 bits per heavy atom. The van der Waals surface area contributed by atoms with Crippen LogP contribution >= 0.6 is 0 Å². The van der Waals surface area contributed by atoms with Gasteiger partial charge in [-0.3, -0.25) is 4.99 Å². The maximum atomic E-state index is 4.13. The summed E-state index contributed by atoms with van der Waals surface area (Å²) in [5.41, 5.74) is 0.0498. The van der Waals surface area contributed by atoms with Gasteiger partial charge in [-0.25, -0.2) is 0 Å². The number of rotatable bonds is 1. The van der Waals surface area contributed by atoms with Crippen LogP contribution in [0.15, 0.2) is 17.6 Å². The Bertz CT molecular complexity index is 95.4. The van der Waals surface area contributed by atoms with Gasteiger partial charge in [-0.15, -0.1) is 0 Å². The number of nitrogens with zero attached hydrogens (tertiary/aromatic N) is 1. The van der Waals surface area contributed by atoms with E-state index in [9.17, 15) is 0 Å². The van der Waals surface area contributed by atoms with Gasteiger partial charge in [0.05, 0.1) is 5.54 Å². The lowest BCUT2D eigenvalue weighted by atomic mass is 10.1. The molecule has 0 aliphatic carbocycles. The molecule has 0 atom stereocenters. The van der Waals surface area contributed by atoms with E-state index in [-0.39, 0.29) is 5.54 Å². The molecule has 0 aliphatic rings. The highest BCUT2D eigenvalue weighted by molar-refractivity contribution is 5.70. The Morgan fingerprint density at radius 2 is 1.88 bits per heavy atom. The highest BCUT2D eigenvalue weighted by atomic mass is 14.8. The van der Waals surface area contributed by atoms with Gasteiger partial charge in [-0.1, -0.05) is 12.7 Å². The van der Waals surface area contributed by atoms with Crippen molar-refractivity contribution in [3.63, 3.8) is 0 Å². The molecule has 0 heterocycles. The monoisotopic (exact) mass is 111 g/mol. The smallest absolute Gasteiger partial charge is 0.0524 e. The molecule has 0 amide bonds. The van der Waals surface area contributed by atoms with Crippen LogP contribution in [0, 0.1) is 0 Å². The number of allylic oxidation sites excluding steroid dienone is 1. The van der Waals surface area contributed by atoms with Gasteiger partial charge < -0.3 is 0 Å². The van der Waals surface area contributed by atoms with Gasteiger partial charge in [0.2, 0.25) is 0 Å². The second-order valence-corrected chi connectivity index (χ2v) is 2.68. The Hall–Kier alpha value is -0.590. The van der Waals surface area contributed by atoms with Crippen molar-refractivity contribution in [3.8, 4) is 0 Å². The van der Waals surface area contributed by atoms with E-state index >= 15 is 0 Å². The summed E-state index contributed by atoms with van der Waals surface area (Å²) in [6.07, 6.45) is 3.41. The van der Waals surface area contributed by atoms with Crippen LogP contribution in [0.5, 0.6) is 0 Å². The minimum absolute atomic E-state index is 0.0498. The molecule has 0 rings (SSSR count). The fourth-order valence-corrected chi connectivity index (χ4v) is 0.276. The minimum atomic E-state index is 0.0498. The topological polar surface area (TPSA) is 12.4 Å². The molecule has 0 spiro atoms. The van der Waals surface area contributed by atoms with Gasteiger partial charge in [0.25, 0.3) is 0 Å². The second kappa shape index (κ2) is 2.65. The molecule has 0 aromatic carbocycles. The third-order valence-corrected chi connectivity index (χ3v) is 0.567. The highest BCUT2D eigenvalue weighted by Gasteiger charge is 2.02. The summed E-state index contributed by atoms with van der Waals surface area (Å²) in [5, 5.41) is 0. The van der Waals surface area contributed by atoms with Crippen LogP contribution in [0.4, 0.5) is 0 Å². The molecule has 8 heavy (non-hydrogen) atoms. The van der Waals surface area contributed by atoms with Crippen molar-refractivity contribution in [1.29, 1.82) is 0 Å². The average Bonchev–Trinajstić information content (AvgIpc) is 1.59. The van der Waals surface area contributed by atoms with E-state index in [0.717, 1.165) is 0 Å². The van der Waals surface area contributed by atoms with Crippen molar-refractivity contribution in [1.82, 2.24) is 0 Å². The first-order valence-electron chi connectivity index (χ1n) is 2.72. The quantitative estimate of drug-likeness (QED) is 0.459. The van der Waals surface area contributed by atoms with Gasteiger partial charge in [-0.05, 0) is 20.8 Å². The minimum Gasteiger partial charge on any atom is -0.287 e. The molecule has 1 nitrogen and oxygen atoms in total. The Morgan fingerprint density at radius 3 is 2.00 bits per heavy atom. The van der Waals surface area contributed by atoms with Gasteiger partial charge in [0.1, 0.15) is 0 Å². The first kappa shape index (κ1) is 7.41. The highest BCUT2D eigenvalue weighted by Crippen LogP contribution is 2.03. The molecule has 0 fully saturated rings. The zero-order chi connectivity index (χ0) is 6.62. The number of hydrogen-bond donors (Lipinski definition) is 0.